The number of nitrogens with one attached hydrogen (secondary N) is 1. The Morgan fingerprint density at radius 3 is 2.42 bits per heavy atom. The van der Waals surface area contributed by atoms with E-state index in [1.807, 2.05) is 25.1 Å². The normalized spacial score (nSPS) is 27.2. The zero-order valence-corrected chi connectivity index (χ0v) is 18.3. The third kappa shape index (κ3) is 3.89. The number of nitrogens with zero attached hydrogens (tertiary/aromatic N) is 2. The Labute approximate surface area is 181 Å². The van der Waals surface area contributed by atoms with Crippen molar-refractivity contribution in [3.63, 3.8) is 0 Å². The van der Waals surface area contributed by atoms with E-state index in [2.05, 4.69) is 5.32 Å². The Balaban J connectivity index is 1.80. The van der Waals surface area contributed by atoms with Crippen LogP contribution in [0.25, 0.3) is 0 Å². The van der Waals surface area contributed by atoms with E-state index in [1.165, 1.54) is 14.2 Å². The predicted molar refractivity (Wildman–Crippen MR) is 111 cm³/mol. The minimum Gasteiger partial charge on any atom is -0.484 e. The van der Waals surface area contributed by atoms with Gasteiger partial charge in [0.2, 0.25) is 11.8 Å². The van der Waals surface area contributed by atoms with Crippen LogP contribution in [0.2, 0.25) is 0 Å². The van der Waals surface area contributed by atoms with E-state index in [0.29, 0.717) is 12.3 Å². The molecule has 0 bridgehead atoms. The highest BCUT2D eigenvalue weighted by Crippen LogP contribution is 2.44. The van der Waals surface area contributed by atoms with Crippen LogP contribution in [0.1, 0.15) is 20.3 Å². The molecule has 9 heteroatoms. The van der Waals surface area contributed by atoms with Gasteiger partial charge in [0.05, 0.1) is 18.9 Å². The lowest BCUT2D eigenvalue weighted by atomic mass is 9.78. The molecule has 3 rings (SSSR count). The van der Waals surface area contributed by atoms with E-state index < -0.39 is 35.3 Å². The number of likely N-dealkylation sites (tertiary alicyclic amines) is 1. The number of methoxy groups -OCH3 is 1. The average molecular weight is 431 g/mol. The van der Waals surface area contributed by atoms with Gasteiger partial charge >= 0.3 is 5.97 Å². The summed E-state index contributed by atoms with van der Waals surface area (Å²) in [5, 5.41) is 3.20. The lowest BCUT2D eigenvalue weighted by Gasteiger charge is -2.32. The number of likely N-dealkylation sites (N-methyl/N-ethyl adjacent to an activating group) is 1. The van der Waals surface area contributed by atoms with Crippen molar-refractivity contribution in [3.8, 4) is 5.75 Å². The highest BCUT2D eigenvalue weighted by Gasteiger charge is 2.67. The van der Waals surface area contributed by atoms with E-state index in [1.54, 1.807) is 24.0 Å². The quantitative estimate of drug-likeness (QED) is 0.470. The maximum absolute atomic E-state index is 12.9. The molecule has 0 spiro atoms. The van der Waals surface area contributed by atoms with Gasteiger partial charge in [-0.15, -0.1) is 0 Å². The smallest absolute Gasteiger partial charge is 0.326 e. The van der Waals surface area contributed by atoms with Crippen LogP contribution in [0.15, 0.2) is 30.3 Å². The molecule has 4 atom stereocenters. The second-order valence-electron chi connectivity index (χ2n) is 7.84. The van der Waals surface area contributed by atoms with Crippen LogP contribution in [0, 0.1) is 11.8 Å². The van der Waals surface area contributed by atoms with Gasteiger partial charge in [-0.25, -0.2) is 0 Å². The molecule has 1 aromatic carbocycles. The van der Waals surface area contributed by atoms with Crippen LogP contribution in [0.4, 0.5) is 0 Å². The number of para-hydroxylation sites is 1. The third-order valence-electron chi connectivity index (χ3n) is 6.34. The largest absolute Gasteiger partial charge is 0.484 e. The summed E-state index contributed by atoms with van der Waals surface area (Å²) in [6.45, 7) is 4.01. The minimum absolute atomic E-state index is 0.151. The number of rotatable bonds is 8. The molecule has 0 aliphatic carbocycles. The number of ether oxygens (including phenoxy) is 2. The zero-order valence-electron chi connectivity index (χ0n) is 18.3. The predicted octanol–water partition coefficient (Wildman–Crippen LogP) is 0.439. The summed E-state index contributed by atoms with van der Waals surface area (Å²) in [5.41, 5.74) is -1.30. The number of benzene rings is 1. The fourth-order valence-electron chi connectivity index (χ4n) is 4.66. The summed E-state index contributed by atoms with van der Waals surface area (Å²) in [4.78, 5) is 53.8. The summed E-state index contributed by atoms with van der Waals surface area (Å²) in [6, 6.07) is 8.44. The van der Waals surface area contributed by atoms with Crippen LogP contribution in [-0.4, -0.2) is 78.9 Å². The van der Waals surface area contributed by atoms with Gasteiger partial charge in [0.15, 0.2) is 6.61 Å². The molecule has 0 aromatic heterocycles. The molecule has 2 aliphatic heterocycles. The molecule has 2 heterocycles. The van der Waals surface area contributed by atoms with Gasteiger partial charge in [0.1, 0.15) is 11.3 Å². The summed E-state index contributed by atoms with van der Waals surface area (Å²) < 4.78 is 10.5. The maximum Gasteiger partial charge on any atom is 0.326 e. The van der Waals surface area contributed by atoms with Gasteiger partial charge in [-0.05, 0) is 25.5 Å². The molecule has 0 unspecified atom stereocenters. The van der Waals surface area contributed by atoms with Crippen molar-refractivity contribution in [3.05, 3.63) is 30.3 Å². The summed E-state index contributed by atoms with van der Waals surface area (Å²) in [6.07, 6.45) is 0.279. The molecule has 3 amide bonds. The van der Waals surface area contributed by atoms with Crippen LogP contribution in [0.5, 0.6) is 5.75 Å². The highest BCUT2D eigenvalue weighted by molar-refractivity contribution is 6.09. The Morgan fingerprint density at radius 1 is 1.16 bits per heavy atom. The SMILES string of the molecule is CCN(C[C@H]1N[C@@](CC)(C(=O)OC)[C@H]2C(=O)N(C)C(=O)[C@@H]12)C(=O)COc1ccccc1. The number of fused-ring (bicyclic) bond motifs is 1. The Bertz CT molecular complexity index is 860. The van der Waals surface area contributed by atoms with Crippen molar-refractivity contribution in [1.82, 2.24) is 15.1 Å². The molecule has 168 valence electrons. The topological polar surface area (TPSA) is 105 Å². The maximum atomic E-state index is 12.9. The molecule has 2 fully saturated rings. The van der Waals surface area contributed by atoms with Crippen molar-refractivity contribution < 1.29 is 28.7 Å². The van der Waals surface area contributed by atoms with Gasteiger partial charge in [-0.2, -0.15) is 0 Å². The van der Waals surface area contributed by atoms with Crippen LogP contribution in [-0.2, 0) is 23.9 Å². The lowest BCUT2D eigenvalue weighted by Crippen LogP contribution is -2.58. The molecule has 2 saturated heterocycles. The fourth-order valence-corrected chi connectivity index (χ4v) is 4.66. The van der Waals surface area contributed by atoms with E-state index >= 15 is 0 Å². The first kappa shape index (κ1) is 22.7. The summed E-state index contributed by atoms with van der Waals surface area (Å²) in [5.74, 6) is -2.60. The molecular weight excluding hydrogens is 402 g/mol. The first-order chi connectivity index (χ1) is 14.8. The van der Waals surface area contributed by atoms with Gasteiger partial charge in [0, 0.05) is 26.2 Å². The molecule has 1 N–H and O–H groups in total. The molecule has 0 saturated carbocycles. The van der Waals surface area contributed by atoms with Crippen LogP contribution < -0.4 is 10.1 Å². The first-order valence-corrected chi connectivity index (χ1v) is 10.4. The number of amides is 3. The molecule has 9 nitrogen and oxygen atoms in total. The van der Waals surface area contributed by atoms with Crippen molar-refractivity contribution in [2.24, 2.45) is 11.8 Å². The zero-order chi connectivity index (χ0) is 22.8. The Morgan fingerprint density at radius 2 is 1.84 bits per heavy atom. The van der Waals surface area contributed by atoms with Crippen molar-refractivity contribution in [2.75, 3.05) is 33.9 Å². The average Bonchev–Trinajstić information content (AvgIpc) is 3.25. The second kappa shape index (κ2) is 9.05. The van der Waals surface area contributed by atoms with E-state index in [9.17, 15) is 19.2 Å². The standard InChI is InChI=1S/C22H29N3O6/c1-5-22(21(29)30-4)18-17(19(27)24(3)20(18)28)15(23-22)12-25(6-2)16(26)13-31-14-10-8-7-9-11-14/h7-11,15,17-18,23H,5-6,12-13H2,1-4H3/t15-,17+,18-,22-/m1/s1. The van der Waals surface area contributed by atoms with Gasteiger partial charge in [-0.3, -0.25) is 29.4 Å². The number of imide groups is 1. The second-order valence-corrected chi connectivity index (χ2v) is 7.84. The number of carbonyl (C=O) groups excluding carboxylic acids is 4. The first-order valence-electron chi connectivity index (χ1n) is 10.4. The molecule has 2 aliphatic rings. The van der Waals surface area contributed by atoms with Gasteiger partial charge in [0.25, 0.3) is 5.91 Å². The van der Waals surface area contributed by atoms with E-state index in [4.69, 9.17) is 9.47 Å². The van der Waals surface area contributed by atoms with Gasteiger partial charge in [-0.1, -0.05) is 25.1 Å². The Kier molecular flexibility index (Phi) is 6.64. The lowest BCUT2D eigenvalue weighted by molar-refractivity contribution is -0.154. The summed E-state index contributed by atoms with van der Waals surface area (Å²) in [7, 11) is 2.69. The Hall–Kier alpha value is -2.94. The van der Waals surface area contributed by atoms with E-state index in [-0.39, 0.29) is 31.4 Å². The van der Waals surface area contributed by atoms with Crippen LogP contribution in [0.3, 0.4) is 0 Å². The third-order valence-corrected chi connectivity index (χ3v) is 6.34. The molecule has 31 heavy (non-hydrogen) atoms. The minimum atomic E-state index is -1.30. The molecule has 0 radical (unpaired) electrons. The van der Waals surface area contributed by atoms with E-state index in [0.717, 1.165) is 4.90 Å². The number of hydrogen-bond acceptors (Lipinski definition) is 7. The summed E-state index contributed by atoms with van der Waals surface area (Å²) >= 11 is 0. The van der Waals surface area contributed by atoms with Crippen molar-refractivity contribution in [2.45, 2.75) is 31.8 Å². The number of hydrogen-bond donors (Lipinski definition) is 1. The van der Waals surface area contributed by atoms with Crippen LogP contribution >= 0.6 is 0 Å². The monoisotopic (exact) mass is 431 g/mol. The van der Waals surface area contributed by atoms with Crippen molar-refractivity contribution in [1.29, 1.82) is 0 Å². The fraction of sp³-hybridized carbons (Fsp3) is 0.545. The number of carbonyl (C=O) groups is 4. The van der Waals surface area contributed by atoms with Crippen molar-refractivity contribution >= 4 is 23.7 Å². The molecule has 1 aromatic rings. The highest BCUT2D eigenvalue weighted by atomic mass is 16.5. The van der Waals surface area contributed by atoms with Gasteiger partial charge < -0.3 is 14.4 Å². The number of esters is 1. The molecular formula is C22H29N3O6.